The Morgan fingerprint density at radius 1 is 0.719 bits per heavy atom. The summed E-state index contributed by atoms with van der Waals surface area (Å²) in [6.07, 6.45) is -3.03. The molecule has 5 unspecified atom stereocenters. The van der Waals surface area contributed by atoms with Crippen LogP contribution in [0.3, 0.4) is 0 Å². The molecular formula is C19H28O13. The van der Waals surface area contributed by atoms with E-state index in [1.165, 1.54) is 0 Å². The number of hydrogen-bond acceptors (Lipinski definition) is 13. The maximum atomic E-state index is 11.1. The van der Waals surface area contributed by atoms with Crippen molar-refractivity contribution < 1.29 is 62.1 Å². The highest BCUT2D eigenvalue weighted by atomic mass is 16.8. The fraction of sp³-hybridized carbons (Fsp3) is 0.842. The van der Waals surface area contributed by atoms with Crippen molar-refractivity contribution in [1.29, 1.82) is 0 Å². The molecule has 1 N–H and O–H groups in total. The molecule has 0 spiro atoms. The summed E-state index contributed by atoms with van der Waals surface area (Å²) in [5.74, 6) is -0.0597. The standard InChI is InChI=1S/C19H28O13/c20-13(6-26-8-16-11-29-19(23)32-16)5-24-3-12(1-2-14-9-27-17(21)30-14)4-25-7-15-10-28-18(22)31-15/h12-16,20H,1-11H2. The number of aliphatic hydroxyl groups is 1. The minimum absolute atomic E-state index is 0.0115. The van der Waals surface area contributed by atoms with Gasteiger partial charge in [-0.05, 0) is 12.8 Å². The van der Waals surface area contributed by atoms with Crippen molar-refractivity contribution in [3.63, 3.8) is 0 Å². The highest BCUT2D eigenvalue weighted by Gasteiger charge is 2.28. The second-order valence-corrected chi connectivity index (χ2v) is 7.61. The van der Waals surface area contributed by atoms with E-state index in [0.717, 1.165) is 0 Å². The molecule has 0 aromatic rings. The smallest absolute Gasteiger partial charge is 0.430 e. The van der Waals surface area contributed by atoms with Crippen LogP contribution in [0.25, 0.3) is 0 Å². The van der Waals surface area contributed by atoms with E-state index in [9.17, 15) is 19.5 Å². The first-order valence-electron chi connectivity index (χ1n) is 10.4. The van der Waals surface area contributed by atoms with Gasteiger partial charge < -0.3 is 47.7 Å². The second-order valence-electron chi connectivity index (χ2n) is 7.61. The average Bonchev–Trinajstić information content (AvgIpc) is 3.48. The first-order valence-corrected chi connectivity index (χ1v) is 10.4. The van der Waals surface area contributed by atoms with Crippen LogP contribution < -0.4 is 0 Å². The van der Waals surface area contributed by atoms with Gasteiger partial charge in [0.1, 0.15) is 32.0 Å². The van der Waals surface area contributed by atoms with Crippen LogP contribution in [0.4, 0.5) is 14.4 Å². The maximum absolute atomic E-state index is 11.1. The summed E-state index contributed by atoms with van der Waals surface area (Å²) in [6.45, 7) is 1.44. The predicted octanol–water partition coefficient (Wildman–Crippen LogP) is 0.400. The fourth-order valence-corrected chi connectivity index (χ4v) is 3.16. The number of carbonyl (C=O) groups excluding carboxylic acids is 3. The zero-order valence-electron chi connectivity index (χ0n) is 17.5. The molecule has 32 heavy (non-hydrogen) atoms. The third-order valence-corrected chi connectivity index (χ3v) is 4.78. The molecule has 0 bridgehead atoms. The van der Waals surface area contributed by atoms with E-state index in [2.05, 4.69) is 4.74 Å². The fourth-order valence-electron chi connectivity index (χ4n) is 3.16. The lowest BCUT2D eigenvalue weighted by Crippen LogP contribution is -2.28. The maximum Gasteiger partial charge on any atom is 0.508 e. The SMILES string of the molecule is O=C1OCC(CCC(COCC(O)COCC2COC(=O)O2)COCC2COC(=O)O2)O1. The molecule has 0 aliphatic carbocycles. The topological polar surface area (TPSA) is 155 Å². The summed E-state index contributed by atoms with van der Waals surface area (Å²) in [5.41, 5.74) is 0. The molecule has 3 heterocycles. The molecule has 3 aliphatic rings. The summed E-state index contributed by atoms with van der Waals surface area (Å²) in [5, 5.41) is 10.0. The van der Waals surface area contributed by atoms with Gasteiger partial charge in [-0.15, -0.1) is 0 Å². The molecule has 0 aromatic heterocycles. The van der Waals surface area contributed by atoms with Crippen LogP contribution in [0.2, 0.25) is 0 Å². The van der Waals surface area contributed by atoms with Gasteiger partial charge in [-0.3, -0.25) is 0 Å². The van der Waals surface area contributed by atoms with Crippen LogP contribution in [0, 0.1) is 5.92 Å². The molecule has 3 fully saturated rings. The van der Waals surface area contributed by atoms with Gasteiger partial charge in [-0.2, -0.15) is 0 Å². The minimum atomic E-state index is -0.867. The van der Waals surface area contributed by atoms with Gasteiger partial charge in [0.25, 0.3) is 0 Å². The van der Waals surface area contributed by atoms with Crippen LogP contribution in [-0.4, -0.2) is 107 Å². The Labute approximate surface area is 184 Å². The lowest BCUT2D eigenvalue weighted by atomic mass is 10.0. The summed E-state index contributed by atoms with van der Waals surface area (Å²) >= 11 is 0. The Hall–Kier alpha value is -2.35. The third kappa shape index (κ3) is 8.65. The lowest BCUT2D eigenvalue weighted by molar-refractivity contribution is -0.0497. The molecule has 3 rings (SSSR count). The van der Waals surface area contributed by atoms with Gasteiger partial charge in [0, 0.05) is 5.92 Å². The number of cyclic esters (lactones) is 6. The molecule has 3 saturated heterocycles. The van der Waals surface area contributed by atoms with Crippen molar-refractivity contribution in [2.75, 3.05) is 59.5 Å². The Bertz CT molecular complexity index is 626. The number of hydrogen-bond donors (Lipinski definition) is 1. The Morgan fingerprint density at radius 3 is 1.72 bits per heavy atom. The van der Waals surface area contributed by atoms with Crippen LogP contribution in [-0.2, 0) is 42.6 Å². The van der Waals surface area contributed by atoms with E-state index in [4.69, 9.17) is 37.9 Å². The molecule has 3 aliphatic heterocycles. The number of ether oxygens (including phenoxy) is 9. The van der Waals surface area contributed by atoms with E-state index in [1.807, 2.05) is 0 Å². The Balaban J connectivity index is 1.31. The van der Waals surface area contributed by atoms with Gasteiger partial charge in [-0.25, -0.2) is 14.4 Å². The van der Waals surface area contributed by atoms with Crippen LogP contribution in [0.1, 0.15) is 12.8 Å². The van der Waals surface area contributed by atoms with Crippen LogP contribution in [0.15, 0.2) is 0 Å². The van der Waals surface area contributed by atoms with Crippen molar-refractivity contribution in [2.45, 2.75) is 37.3 Å². The molecule has 0 amide bonds. The van der Waals surface area contributed by atoms with Crippen LogP contribution in [0.5, 0.6) is 0 Å². The predicted molar refractivity (Wildman–Crippen MR) is 99.9 cm³/mol. The highest BCUT2D eigenvalue weighted by Crippen LogP contribution is 2.17. The van der Waals surface area contributed by atoms with E-state index in [0.29, 0.717) is 19.4 Å². The van der Waals surface area contributed by atoms with E-state index in [-0.39, 0.29) is 64.9 Å². The number of rotatable bonds is 15. The normalized spacial score (nSPS) is 26.5. The molecule has 0 radical (unpaired) electrons. The number of carbonyl (C=O) groups is 3. The van der Waals surface area contributed by atoms with E-state index in [1.54, 1.807) is 0 Å². The quantitative estimate of drug-likeness (QED) is 0.263. The molecule has 0 aromatic carbocycles. The first kappa shape index (κ1) is 24.3. The molecule has 182 valence electrons. The average molecular weight is 464 g/mol. The third-order valence-electron chi connectivity index (χ3n) is 4.78. The zero-order chi connectivity index (χ0) is 22.8. The number of aliphatic hydroxyl groups excluding tert-OH is 1. The van der Waals surface area contributed by atoms with E-state index < -0.39 is 36.8 Å². The minimum Gasteiger partial charge on any atom is -0.430 e. The first-order chi connectivity index (χ1) is 15.5. The molecule has 5 atom stereocenters. The molecule has 13 heteroatoms. The van der Waals surface area contributed by atoms with Gasteiger partial charge in [0.05, 0.1) is 39.6 Å². The summed E-state index contributed by atoms with van der Waals surface area (Å²) in [6, 6.07) is 0. The van der Waals surface area contributed by atoms with Crippen molar-refractivity contribution in [2.24, 2.45) is 5.92 Å². The van der Waals surface area contributed by atoms with Crippen LogP contribution >= 0.6 is 0 Å². The van der Waals surface area contributed by atoms with Crippen molar-refractivity contribution in [3.05, 3.63) is 0 Å². The Morgan fingerprint density at radius 2 is 1.19 bits per heavy atom. The summed E-state index contributed by atoms with van der Waals surface area (Å²) in [7, 11) is 0. The van der Waals surface area contributed by atoms with Crippen molar-refractivity contribution in [1.82, 2.24) is 0 Å². The second kappa shape index (κ2) is 12.6. The summed E-state index contributed by atoms with van der Waals surface area (Å²) < 4.78 is 45.5. The zero-order valence-corrected chi connectivity index (χ0v) is 17.5. The van der Waals surface area contributed by atoms with Gasteiger partial charge >= 0.3 is 18.5 Å². The molecular weight excluding hydrogens is 436 g/mol. The van der Waals surface area contributed by atoms with Crippen molar-refractivity contribution >= 4 is 18.5 Å². The van der Waals surface area contributed by atoms with E-state index >= 15 is 0 Å². The van der Waals surface area contributed by atoms with Gasteiger partial charge in [-0.1, -0.05) is 0 Å². The van der Waals surface area contributed by atoms with Gasteiger partial charge in [0.2, 0.25) is 0 Å². The lowest BCUT2D eigenvalue weighted by Gasteiger charge is -2.20. The molecule has 13 nitrogen and oxygen atoms in total. The van der Waals surface area contributed by atoms with Crippen molar-refractivity contribution in [3.8, 4) is 0 Å². The monoisotopic (exact) mass is 464 g/mol. The molecule has 0 saturated carbocycles. The largest absolute Gasteiger partial charge is 0.508 e. The summed E-state index contributed by atoms with van der Waals surface area (Å²) in [4.78, 5) is 32.9. The Kier molecular flexibility index (Phi) is 9.59. The van der Waals surface area contributed by atoms with Gasteiger partial charge in [0.15, 0.2) is 12.2 Å². The highest BCUT2D eigenvalue weighted by molar-refractivity contribution is 5.62.